The first-order valence-corrected chi connectivity index (χ1v) is 9.26. The van der Waals surface area contributed by atoms with Crippen LogP contribution < -0.4 is 20.9 Å². The Hall–Kier alpha value is -3.39. The average Bonchev–Trinajstić information content (AvgIpc) is 2.73. The van der Waals surface area contributed by atoms with Crippen LogP contribution in [0.1, 0.15) is 40.5 Å². The fourth-order valence-electron chi connectivity index (χ4n) is 2.36. The zero-order chi connectivity index (χ0) is 21.1. The first-order chi connectivity index (χ1) is 14.0. The van der Waals surface area contributed by atoms with E-state index in [1.807, 2.05) is 6.92 Å². The molecule has 0 aliphatic heterocycles. The summed E-state index contributed by atoms with van der Waals surface area (Å²) < 4.78 is 10.3. The summed E-state index contributed by atoms with van der Waals surface area (Å²) in [5.74, 6) is -0.379. The summed E-state index contributed by atoms with van der Waals surface area (Å²) in [4.78, 5) is 35.9. The van der Waals surface area contributed by atoms with Gasteiger partial charge in [-0.1, -0.05) is 6.92 Å². The lowest BCUT2D eigenvalue weighted by Gasteiger charge is -2.09. The van der Waals surface area contributed by atoms with E-state index in [1.165, 1.54) is 0 Å². The number of carbonyl (C=O) groups is 3. The molecule has 0 unspecified atom stereocenters. The summed E-state index contributed by atoms with van der Waals surface area (Å²) in [5, 5.41) is 2.74. The van der Waals surface area contributed by atoms with Crippen LogP contribution in [0.5, 0.6) is 5.75 Å². The minimum absolute atomic E-state index is 0.0768. The third kappa shape index (κ3) is 7.27. The van der Waals surface area contributed by atoms with Crippen molar-refractivity contribution in [3.8, 4) is 5.75 Å². The Balaban J connectivity index is 1.83. The Morgan fingerprint density at radius 1 is 0.828 bits per heavy atom. The van der Waals surface area contributed by atoms with Crippen LogP contribution >= 0.6 is 0 Å². The second-order valence-corrected chi connectivity index (χ2v) is 6.15. The second-order valence-electron chi connectivity index (χ2n) is 6.15. The third-order valence-electron chi connectivity index (χ3n) is 3.87. The molecule has 2 aromatic carbocycles. The molecule has 0 saturated carbocycles. The van der Waals surface area contributed by atoms with Crippen molar-refractivity contribution in [3.63, 3.8) is 0 Å². The molecule has 0 aliphatic rings. The largest absolute Gasteiger partial charge is 0.491 e. The molecule has 0 heterocycles. The number of ether oxygens (including phenoxy) is 2. The SMILES string of the molecule is CCCC(=O)Nc1ccc(C(=O)NNC(=O)c2ccc(OCCOC)cc2)cc1. The van der Waals surface area contributed by atoms with Crippen molar-refractivity contribution in [2.45, 2.75) is 19.8 Å². The van der Waals surface area contributed by atoms with E-state index in [2.05, 4.69) is 16.2 Å². The van der Waals surface area contributed by atoms with E-state index >= 15 is 0 Å². The molecule has 0 spiro atoms. The molecule has 29 heavy (non-hydrogen) atoms. The van der Waals surface area contributed by atoms with E-state index in [9.17, 15) is 14.4 Å². The van der Waals surface area contributed by atoms with Crippen molar-refractivity contribution in [1.82, 2.24) is 10.9 Å². The Morgan fingerprint density at radius 3 is 1.90 bits per heavy atom. The zero-order valence-electron chi connectivity index (χ0n) is 16.5. The number of benzene rings is 2. The van der Waals surface area contributed by atoms with Crippen LogP contribution in [0, 0.1) is 0 Å². The number of amides is 3. The van der Waals surface area contributed by atoms with Crippen LogP contribution in [-0.2, 0) is 9.53 Å². The summed E-state index contributed by atoms with van der Waals surface area (Å²) in [7, 11) is 1.59. The average molecular weight is 399 g/mol. The quantitative estimate of drug-likeness (QED) is 0.444. The summed E-state index contributed by atoms with van der Waals surface area (Å²) in [6.07, 6.45) is 1.20. The molecule has 0 atom stereocenters. The number of hydrogen-bond donors (Lipinski definition) is 3. The molecule has 8 heteroatoms. The number of hydrazine groups is 1. The lowest BCUT2D eigenvalue weighted by molar-refractivity contribution is -0.116. The van der Waals surface area contributed by atoms with E-state index < -0.39 is 11.8 Å². The standard InChI is InChI=1S/C21H25N3O5/c1-3-4-19(25)22-17-9-5-15(6-10-17)20(26)23-24-21(27)16-7-11-18(12-8-16)29-14-13-28-2/h5-12H,3-4,13-14H2,1-2H3,(H,22,25)(H,23,26)(H,24,27). The highest BCUT2D eigenvalue weighted by Crippen LogP contribution is 2.12. The van der Waals surface area contributed by atoms with Gasteiger partial charge in [0.25, 0.3) is 11.8 Å². The van der Waals surface area contributed by atoms with Crippen molar-refractivity contribution < 1.29 is 23.9 Å². The van der Waals surface area contributed by atoms with Crippen LogP contribution in [0.4, 0.5) is 5.69 Å². The zero-order valence-corrected chi connectivity index (χ0v) is 16.5. The van der Waals surface area contributed by atoms with E-state index in [-0.39, 0.29) is 5.91 Å². The fourth-order valence-corrected chi connectivity index (χ4v) is 2.36. The topological polar surface area (TPSA) is 106 Å². The molecule has 0 aliphatic carbocycles. The van der Waals surface area contributed by atoms with Gasteiger partial charge in [-0.3, -0.25) is 25.2 Å². The van der Waals surface area contributed by atoms with Gasteiger partial charge in [0.2, 0.25) is 5.91 Å². The monoisotopic (exact) mass is 399 g/mol. The Kier molecular flexibility index (Phi) is 8.65. The van der Waals surface area contributed by atoms with E-state index in [0.29, 0.717) is 42.2 Å². The summed E-state index contributed by atoms with van der Waals surface area (Å²) >= 11 is 0. The maximum atomic E-state index is 12.2. The minimum Gasteiger partial charge on any atom is -0.491 e. The first-order valence-electron chi connectivity index (χ1n) is 9.26. The van der Waals surface area contributed by atoms with Gasteiger partial charge in [0.05, 0.1) is 6.61 Å². The lowest BCUT2D eigenvalue weighted by Crippen LogP contribution is -2.41. The van der Waals surface area contributed by atoms with Gasteiger partial charge in [0.15, 0.2) is 0 Å². The molecule has 3 amide bonds. The van der Waals surface area contributed by atoms with Crippen molar-refractivity contribution in [1.29, 1.82) is 0 Å². The highest BCUT2D eigenvalue weighted by atomic mass is 16.5. The molecule has 0 saturated heterocycles. The normalized spacial score (nSPS) is 10.1. The van der Waals surface area contributed by atoms with Crippen LogP contribution in [0.3, 0.4) is 0 Å². The molecule has 8 nitrogen and oxygen atoms in total. The summed E-state index contributed by atoms with van der Waals surface area (Å²) in [6, 6.07) is 12.9. The van der Waals surface area contributed by atoms with Gasteiger partial charge in [-0.25, -0.2) is 0 Å². The predicted octanol–water partition coefficient (Wildman–Crippen LogP) is 2.53. The van der Waals surface area contributed by atoms with Crippen molar-refractivity contribution in [3.05, 3.63) is 59.7 Å². The lowest BCUT2D eigenvalue weighted by atomic mass is 10.2. The molecule has 0 aromatic heterocycles. The van der Waals surface area contributed by atoms with Gasteiger partial charge >= 0.3 is 0 Å². The highest BCUT2D eigenvalue weighted by molar-refractivity contribution is 5.99. The molecule has 2 rings (SSSR count). The molecule has 3 N–H and O–H groups in total. The maximum Gasteiger partial charge on any atom is 0.269 e. The molecular formula is C21H25N3O5. The third-order valence-corrected chi connectivity index (χ3v) is 3.87. The van der Waals surface area contributed by atoms with Crippen molar-refractivity contribution in [2.75, 3.05) is 25.6 Å². The Bertz CT molecular complexity index is 819. The minimum atomic E-state index is -0.468. The first kappa shape index (κ1) is 21.9. The maximum absolute atomic E-state index is 12.2. The summed E-state index contributed by atoms with van der Waals surface area (Å²) in [6.45, 7) is 2.81. The second kappa shape index (κ2) is 11.5. The Labute approximate surface area is 169 Å². The van der Waals surface area contributed by atoms with Gasteiger partial charge in [0, 0.05) is 30.3 Å². The predicted molar refractivity (Wildman–Crippen MR) is 109 cm³/mol. The molecule has 0 radical (unpaired) electrons. The van der Waals surface area contributed by atoms with E-state index in [1.54, 1.807) is 55.6 Å². The fraction of sp³-hybridized carbons (Fsp3) is 0.286. The van der Waals surface area contributed by atoms with Crippen LogP contribution in [0.15, 0.2) is 48.5 Å². The van der Waals surface area contributed by atoms with Gasteiger partial charge in [-0.15, -0.1) is 0 Å². The molecule has 154 valence electrons. The molecule has 0 bridgehead atoms. The molecular weight excluding hydrogens is 374 g/mol. The van der Waals surface area contributed by atoms with Crippen LogP contribution in [-0.4, -0.2) is 38.0 Å². The Morgan fingerprint density at radius 2 is 1.38 bits per heavy atom. The number of methoxy groups -OCH3 is 1. The van der Waals surface area contributed by atoms with Gasteiger partial charge in [0.1, 0.15) is 12.4 Å². The van der Waals surface area contributed by atoms with E-state index in [4.69, 9.17) is 9.47 Å². The number of hydrogen-bond acceptors (Lipinski definition) is 5. The van der Waals surface area contributed by atoms with Crippen molar-refractivity contribution in [2.24, 2.45) is 0 Å². The summed E-state index contributed by atoms with van der Waals surface area (Å²) in [5.41, 5.74) is 6.05. The number of nitrogens with one attached hydrogen (secondary N) is 3. The van der Waals surface area contributed by atoms with E-state index in [0.717, 1.165) is 6.42 Å². The number of carbonyl (C=O) groups excluding carboxylic acids is 3. The van der Waals surface area contributed by atoms with Crippen LogP contribution in [0.2, 0.25) is 0 Å². The highest BCUT2D eigenvalue weighted by Gasteiger charge is 2.10. The number of anilines is 1. The van der Waals surface area contributed by atoms with Crippen LogP contribution in [0.25, 0.3) is 0 Å². The molecule has 0 fully saturated rings. The van der Waals surface area contributed by atoms with Crippen molar-refractivity contribution >= 4 is 23.4 Å². The molecule has 2 aromatic rings. The van der Waals surface area contributed by atoms with Gasteiger partial charge in [-0.05, 0) is 55.0 Å². The van der Waals surface area contributed by atoms with Gasteiger partial charge in [-0.2, -0.15) is 0 Å². The number of rotatable bonds is 9. The van der Waals surface area contributed by atoms with Gasteiger partial charge < -0.3 is 14.8 Å². The smallest absolute Gasteiger partial charge is 0.269 e.